The molecule has 3 rings (SSSR count). The van der Waals surface area contributed by atoms with Crippen LogP contribution >= 0.6 is 0 Å². The third-order valence-electron chi connectivity index (χ3n) is 5.01. The molecular formula is C21H24N2O7. The molecule has 2 aromatic rings. The van der Waals surface area contributed by atoms with E-state index in [4.69, 9.17) is 14.3 Å². The summed E-state index contributed by atoms with van der Waals surface area (Å²) in [6.07, 6.45) is 2.49. The Morgan fingerprint density at radius 2 is 1.90 bits per heavy atom. The molecule has 1 aromatic carbocycles. The molecule has 3 N–H and O–H groups in total. The lowest BCUT2D eigenvalue weighted by atomic mass is 10.1. The topological polar surface area (TPSA) is 135 Å². The van der Waals surface area contributed by atoms with Crippen LogP contribution in [0.4, 0.5) is 0 Å². The maximum absolute atomic E-state index is 12.1. The maximum Gasteiger partial charge on any atom is 0.339 e. The van der Waals surface area contributed by atoms with Gasteiger partial charge in [-0.2, -0.15) is 0 Å². The highest BCUT2D eigenvalue weighted by Gasteiger charge is 2.23. The van der Waals surface area contributed by atoms with Gasteiger partial charge in [0.15, 0.2) is 6.61 Å². The Balaban J connectivity index is 1.54. The van der Waals surface area contributed by atoms with Gasteiger partial charge >= 0.3 is 11.6 Å². The lowest BCUT2D eigenvalue weighted by molar-refractivity contribution is -0.143. The number of nitrogens with one attached hydrogen (secondary N) is 2. The Morgan fingerprint density at radius 3 is 2.60 bits per heavy atom. The number of carboxylic acid groups (broad SMARTS) is 1. The fourth-order valence-electron chi connectivity index (χ4n) is 3.47. The Morgan fingerprint density at radius 1 is 1.17 bits per heavy atom. The first kappa shape index (κ1) is 21.4. The largest absolute Gasteiger partial charge is 0.484 e. The Hall–Kier alpha value is -3.36. The highest BCUT2D eigenvalue weighted by atomic mass is 16.5. The smallest absolute Gasteiger partial charge is 0.339 e. The number of carbonyl (C=O) groups is 3. The number of amides is 2. The predicted molar refractivity (Wildman–Crippen MR) is 107 cm³/mol. The average Bonchev–Trinajstić information content (AvgIpc) is 3.19. The molecule has 0 fully saturated rings. The molecule has 0 unspecified atom stereocenters. The van der Waals surface area contributed by atoms with E-state index in [1.165, 1.54) is 0 Å². The van der Waals surface area contributed by atoms with Gasteiger partial charge in [0.25, 0.3) is 5.91 Å². The molecule has 1 aromatic heterocycles. The number of ether oxygens (including phenoxy) is 1. The van der Waals surface area contributed by atoms with Crippen LogP contribution in [-0.2, 0) is 27.2 Å². The summed E-state index contributed by atoms with van der Waals surface area (Å²) < 4.78 is 10.8. The van der Waals surface area contributed by atoms with Crippen molar-refractivity contribution in [1.82, 2.24) is 10.6 Å². The van der Waals surface area contributed by atoms with E-state index in [2.05, 4.69) is 10.6 Å². The van der Waals surface area contributed by atoms with Crippen molar-refractivity contribution in [3.63, 3.8) is 0 Å². The number of aryl methyl sites for hydroxylation is 1. The quantitative estimate of drug-likeness (QED) is 0.547. The average molecular weight is 416 g/mol. The highest BCUT2D eigenvalue weighted by Crippen LogP contribution is 2.29. The minimum atomic E-state index is -1.14. The fourth-order valence-corrected chi connectivity index (χ4v) is 3.47. The van der Waals surface area contributed by atoms with Gasteiger partial charge in [0, 0.05) is 17.0 Å². The summed E-state index contributed by atoms with van der Waals surface area (Å²) in [6, 6.07) is 4.04. The van der Waals surface area contributed by atoms with Crippen LogP contribution in [0, 0.1) is 5.92 Å². The summed E-state index contributed by atoms with van der Waals surface area (Å²) in [5.74, 6) is -2.22. The van der Waals surface area contributed by atoms with E-state index in [9.17, 15) is 19.2 Å². The van der Waals surface area contributed by atoms with Crippen LogP contribution in [0.2, 0.25) is 0 Å². The Labute approximate surface area is 172 Å². The third kappa shape index (κ3) is 4.79. The zero-order valence-corrected chi connectivity index (χ0v) is 16.8. The zero-order valence-electron chi connectivity index (χ0n) is 16.8. The summed E-state index contributed by atoms with van der Waals surface area (Å²) in [4.78, 5) is 46.9. The van der Waals surface area contributed by atoms with Crippen LogP contribution in [0.1, 0.15) is 31.4 Å². The molecule has 0 radical (unpaired) electrons. The van der Waals surface area contributed by atoms with E-state index >= 15 is 0 Å². The Bertz CT molecular complexity index is 1040. The second-order valence-corrected chi connectivity index (χ2v) is 7.55. The summed E-state index contributed by atoms with van der Waals surface area (Å²) in [5, 5.41) is 14.7. The van der Waals surface area contributed by atoms with Gasteiger partial charge in [-0.3, -0.25) is 9.59 Å². The maximum atomic E-state index is 12.1. The van der Waals surface area contributed by atoms with Gasteiger partial charge in [-0.05, 0) is 42.9 Å². The summed E-state index contributed by atoms with van der Waals surface area (Å²) >= 11 is 0. The lowest BCUT2D eigenvalue weighted by Gasteiger charge is -2.18. The first-order valence-corrected chi connectivity index (χ1v) is 9.76. The molecule has 1 heterocycles. The number of carbonyl (C=O) groups excluding carboxylic acids is 2. The van der Waals surface area contributed by atoms with Gasteiger partial charge in [0.1, 0.15) is 17.4 Å². The highest BCUT2D eigenvalue weighted by molar-refractivity contribution is 5.88. The number of rotatable bonds is 8. The molecule has 0 spiro atoms. The SMILES string of the molecule is CC(C)[C@@H](NC(=O)CNC(=O)COc1ccc2c3c(c(=O)oc2c1)CCC3)C(=O)O. The number of hydrogen-bond acceptors (Lipinski definition) is 6. The summed E-state index contributed by atoms with van der Waals surface area (Å²) in [5.41, 5.74) is 1.82. The van der Waals surface area contributed by atoms with E-state index in [0.717, 1.165) is 35.8 Å². The van der Waals surface area contributed by atoms with Gasteiger partial charge in [-0.25, -0.2) is 9.59 Å². The van der Waals surface area contributed by atoms with Crippen LogP contribution in [0.5, 0.6) is 5.75 Å². The third-order valence-corrected chi connectivity index (χ3v) is 5.01. The van der Waals surface area contributed by atoms with Crippen molar-refractivity contribution in [3.8, 4) is 5.75 Å². The van der Waals surface area contributed by atoms with E-state index < -0.39 is 23.8 Å². The second kappa shape index (κ2) is 8.98. The molecule has 0 bridgehead atoms. The van der Waals surface area contributed by atoms with Crippen LogP contribution in [0.15, 0.2) is 27.4 Å². The molecule has 1 aliphatic rings. The van der Waals surface area contributed by atoms with Crippen molar-refractivity contribution < 1.29 is 28.6 Å². The normalized spacial score (nSPS) is 13.7. The van der Waals surface area contributed by atoms with Crippen LogP contribution < -0.4 is 21.0 Å². The van der Waals surface area contributed by atoms with Gasteiger partial charge < -0.3 is 24.9 Å². The minimum absolute atomic E-state index is 0.292. The number of aliphatic carboxylic acids is 1. The van der Waals surface area contributed by atoms with E-state index in [1.54, 1.807) is 32.0 Å². The summed E-state index contributed by atoms with van der Waals surface area (Å²) in [7, 11) is 0. The van der Waals surface area contributed by atoms with Crippen molar-refractivity contribution >= 4 is 28.8 Å². The first-order chi connectivity index (χ1) is 14.3. The first-order valence-electron chi connectivity index (χ1n) is 9.76. The zero-order chi connectivity index (χ0) is 21.8. The molecule has 9 nitrogen and oxygen atoms in total. The van der Waals surface area contributed by atoms with Crippen LogP contribution in [0.25, 0.3) is 11.0 Å². The molecule has 160 valence electrons. The number of fused-ring (bicyclic) bond motifs is 3. The van der Waals surface area contributed by atoms with Gasteiger partial charge in [-0.1, -0.05) is 13.8 Å². The fraction of sp³-hybridized carbons (Fsp3) is 0.429. The Kier molecular flexibility index (Phi) is 6.39. The molecule has 30 heavy (non-hydrogen) atoms. The standard InChI is InChI=1S/C21H24N2O7/c1-11(2)19(20(26)27)23-17(24)9-22-18(25)10-29-12-6-7-14-13-4-3-5-15(13)21(28)30-16(14)8-12/h6-8,11,19H,3-5,9-10H2,1-2H3,(H,22,25)(H,23,24)(H,26,27)/t19-/m1/s1. The predicted octanol–water partition coefficient (Wildman–Crippen LogP) is 1.00. The van der Waals surface area contributed by atoms with Crippen molar-refractivity contribution in [3.05, 3.63) is 39.7 Å². The van der Waals surface area contributed by atoms with E-state index in [1.807, 2.05) is 0 Å². The monoisotopic (exact) mass is 416 g/mol. The molecular weight excluding hydrogens is 392 g/mol. The molecule has 2 amide bonds. The summed E-state index contributed by atoms with van der Waals surface area (Å²) in [6.45, 7) is 2.63. The van der Waals surface area contributed by atoms with Crippen molar-refractivity contribution in [2.24, 2.45) is 5.92 Å². The van der Waals surface area contributed by atoms with E-state index in [-0.39, 0.29) is 24.7 Å². The van der Waals surface area contributed by atoms with Gasteiger partial charge in [-0.15, -0.1) is 0 Å². The van der Waals surface area contributed by atoms with Crippen molar-refractivity contribution in [2.75, 3.05) is 13.2 Å². The molecule has 1 aliphatic carbocycles. The van der Waals surface area contributed by atoms with E-state index in [0.29, 0.717) is 11.3 Å². The second-order valence-electron chi connectivity index (χ2n) is 7.55. The number of carboxylic acids is 1. The van der Waals surface area contributed by atoms with Crippen molar-refractivity contribution in [2.45, 2.75) is 39.2 Å². The van der Waals surface area contributed by atoms with Gasteiger partial charge in [0.05, 0.1) is 6.54 Å². The van der Waals surface area contributed by atoms with Crippen LogP contribution in [-0.4, -0.2) is 42.1 Å². The molecule has 1 atom stereocenters. The molecule has 0 saturated carbocycles. The lowest BCUT2D eigenvalue weighted by Crippen LogP contribution is -2.48. The van der Waals surface area contributed by atoms with Gasteiger partial charge in [0.2, 0.25) is 5.91 Å². The number of hydrogen-bond donors (Lipinski definition) is 3. The van der Waals surface area contributed by atoms with Crippen LogP contribution in [0.3, 0.4) is 0 Å². The molecule has 9 heteroatoms. The minimum Gasteiger partial charge on any atom is -0.484 e. The molecule has 0 aliphatic heterocycles. The molecule has 0 saturated heterocycles. The van der Waals surface area contributed by atoms with Crippen molar-refractivity contribution in [1.29, 1.82) is 0 Å². The number of benzene rings is 1.